The van der Waals surface area contributed by atoms with Gasteiger partial charge in [-0.1, -0.05) is 24.3 Å². The third-order valence-corrected chi connectivity index (χ3v) is 4.99. The van der Waals surface area contributed by atoms with E-state index in [2.05, 4.69) is 27.9 Å². The average molecular weight is 565 g/mol. The highest BCUT2D eigenvalue weighted by Gasteiger charge is 2.15. The summed E-state index contributed by atoms with van der Waals surface area (Å²) in [5, 5.41) is 11.0. The summed E-state index contributed by atoms with van der Waals surface area (Å²) < 4.78 is 18.3. The van der Waals surface area contributed by atoms with Gasteiger partial charge in [0, 0.05) is 31.0 Å². The zero-order valence-electron chi connectivity index (χ0n) is 19.5. The maximum absolute atomic E-state index is 5.57. The summed E-state index contributed by atoms with van der Waals surface area (Å²) in [6, 6.07) is 14.1. The number of nitrogens with one attached hydrogen (secondary N) is 2. The van der Waals surface area contributed by atoms with E-state index in [4.69, 9.17) is 19.2 Å². The number of guanidine groups is 1. The van der Waals surface area contributed by atoms with Crippen LogP contribution >= 0.6 is 24.0 Å². The molecule has 0 amide bonds. The van der Waals surface area contributed by atoms with Gasteiger partial charge in [-0.25, -0.2) is 4.99 Å². The van der Waals surface area contributed by atoms with Crippen LogP contribution in [0.4, 0.5) is 0 Å². The molecule has 0 fully saturated rings. The summed E-state index contributed by atoms with van der Waals surface area (Å²) in [7, 11) is 4.82. The molecule has 33 heavy (non-hydrogen) atoms. The molecule has 0 aliphatic rings. The molecule has 8 nitrogen and oxygen atoms in total. The van der Waals surface area contributed by atoms with E-state index in [0.717, 1.165) is 24.6 Å². The fraction of sp³-hybridized carbons (Fsp3) is 0.333. The molecule has 1 heterocycles. The predicted octanol–water partition coefficient (Wildman–Crippen LogP) is 3.83. The van der Waals surface area contributed by atoms with Crippen LogP contribution in [0.1, 0.15) is 23.6 Å². The minimum absolute atomic E-state index is 0. The average Bonchev–Trinajstić information content (AvgIpc) is 3.34. The third-order valence-electron chi connectivity index (χ3n) is 4.99. The summed E-state index contributed by atoms with van der Waals surface area (Å²) in [5.41, 5.74) is 3.31. The fourth-order valence-corrected chi connectivity index (χ4v) is 3.43. The Bertz CT molecular complexity index is 1020. The van der Waals surface area contributed by atoms with Crippen LogP contribution in [0.2, 0.25) is 0 Å². The molecule has 0 radical (unpaired) electrons. The van der Waals surface area contributed by atoms with Crippen LogP contribution in [-0.2, 0) is 19.6 Å². The molecule has 0 atom stereocenters. The van der Waals surface area contributed by atoms with Crippen molar-refractivity contribution in [2.24, 2.45) is 4.99 Å². The lowest BCUT2D eigenvalue weighted by atomic mass is 10.1. The van der Waals surface area contributed by atoms with E-state index in [1.165, 1.54) is 11.1 Å². The normalized spacial score (nSPS) is 10.8. The van der Waals surface area contributed by atoms with Gasteiger partial charge in [0.2, 0.25) is 5.75 Å². The van der Waals surface area contributed by atoms with Crippen molar-refractivity contribution in [1.82, 2.24) is 20.4 Å². The molecular weight excluding hydrogens is 533 g/mol. The molecule has 2 aromatic carbocycles. The minimum atomic E-state index is 0. The van der Waals surface area contributed by atoms with E-state index in [0.29, 0.717) is 30.3 Å². The fourth-order valence-electron chi connectivity index (χ4n) is 3.43. The lowest BCUT2D eigenvalue weighted by Crippen LogP contribution is -2.37. The van der Waals surface area contributed by atoms with Gasteiger partial charge in [0.25, 0.3) is 0 Å². The zero-order valence-corrected chi connectivity index (χ0v) is 21.8. The largest absolute Gasteiger partial charge is 0.493 e. The summed E-state index contributed by atoms with van der Waals surface area (Å²) in [4.78, 5) is 4.74. The standard InChI is InChI=1S/C24H31N5O3.HI/c1-5-25-24(27-16-19-11-12-21(30-2)23(32-4)22(19)31-3)26-15-18-9-6-7-10-20(18)17-29-14-8-13-28-29;/h6-14H,5,15-17H2,1-4H3,(H2,25,26,27);1H. The topological polar surface area (TPSA) is 81.9 Å². The molecule has 3 rings (SSSR count). The molecule has 0 unspecified atom stereocenters. The maximum Gasteiger partial charge on any atom is 0.203 e. The SMILES string of the molecule is CCNC(=NCc1ccc(OC)c(OC)c1OC)NCc1ccccc1Cn1cccn1.I. The molecule has 0 aliphatic heterocycles. The van der Waals surface area contributed by atoms with E-state index in [-0.39, 0.29) is 24.0 Å². The second kappa shape index (κ2) is 13.6. The zero-order chi connectivity index (χ0) is 22.8. The van der Waals surface area contributed by atoms with Gasteiger partial charge in [0.15, 0.2) is 17.5 Å². The van der Waals surface area contributed by atoms with Crippen molar-refractivity contribution in [3.05, 3.63) is 71.5 Å². The Labute approximate surface area is 212 Å². The van der Waals surface area contributed by atoms with Crippen LogP contribution in [0.15, 0.2) is 59.9 Å². The molecule has 9 heteroatoms. The number of nitrogens with zero attached hydrogens (tertiary/aromatic N) is 3. The Morgan fingerprint density at radius 2 is 1.67 bits per heavy atom. The number of aromatic nitrogens is 2. The van der Waals surface area contributed by atoms with Gasteiger partial charge in [-0.2, -0.15) is 5.10 Å². The smallest absolute Gasteiger partial charge is 0.203 e. The van der Waals surface area contributed by atoms with Crippen LogP contribution in [0.5, 0.6) is 17.2 Å². The molecule has 0 aliphatic carbocycles. The van der Waals surface area contributed by atoms with Gasteiger partial charge >= 0.3 is 0 Å². The number of hydrogen-bond donors (Lipinski definition) is 2. The molecule has 0 saturated carbocycles. The summed E-state index contributed by atoms with van der Waals surface area (Å²) in [5.74, 6) is 2.53. The van der Waals surface area contributed by atoms with E-state index in [9.17, 15) is 0 Å². The van der Waals surface area contributed by atoms with Crippen molar-refractivity contribution in [3.8, 4) is 17.2 Å². The second-order valence-electron chi connectivity index (χ2n) is 7.01. The number of ether oxygens (including phenoxy) is 3. The van der Waals surface area contributed by atoms with E-state index < -0.39 is 0 Å². The van der Waals surface area contributed by atoms with Gasteiger partial charge in [0.1, 0.15) is 0 Å². The Balaban J connectivity index is 0.00000385. The number of hydrogen-bond acceptors (Lipinski definition) is 5. The highest BCUT2D eigenvalue weighted by atomic mass is 127. The van der Waals surface area contributed by atoms with Crippen LogP contribution in [0.25, 0.3) is 0 Å². The monoisotopic (exact) mass is 565 g/mol. The minimum Gasteiger partial charge on any atom is -0.493 e. The van der Waals surface area contributed by atoms with Gasteiger partial charge in [-0.05, 0) is 36.2 Å². The quantitative estimate of drug-likeness (QED) is 0.221. The maximum atomic E-state index is 5.57. The van der Waals surface area contributed by atoms with Crippen molar-refractivity contribution in [3.63, 3.8) is 0 Å². The molecule has 3 aromatic rings. The van der Waals surface area contributed by atoms with Gasteiger partial charge in [0.05, 0.1) is 34.4 Å². The van der Waals surface area contributed by atoms with Crippen LogP contribution < -0.4 is 24.8 Å². The first-order valence-electron chi connectivity index (χ1n) is 10.5. The first-order chi connectivity index (χ1) is 15.7. The molecule has 0 bridgehead atoms. The highest BCUT2D eigenvalue weighted by Crippen LogP contribution is 2.39. The molecule has 0 saturated heterocycles. The summed E-state index contributed by atoms with van der Waals surface area (Å²) >= 11 is 0. The van der Waals surface area contributed by atoms with Gasteiger partial charge in [-0.3, -0.25) is 4.68 Å². The van der Waals surface area contributed by atoms with Gasteiger partial charge < -0.3 is 24.8 Å². The highest BCUT2D eigenvalue weighted by molar-refractivity contribution is 14.0. The molecular formula is C24H32IN5O3. The van der Waals surface area contributed by atoms with Gasteiger partial charge in [-0.15, -0.1) is 24.0 Å². The Kier molecular flexibility index (Phi) is 10.8. The molecule has 178 valence electrons. The van der Waals surface area contributed by atoms with Crippen molar-refractivity contribution < 1.29 is 14.2 Å². The second-order valence-corrected chi connectivity index (χ2v) is 7.01. The van der Waals surface area contributed by atoms with E-state index >= 15 is 0 Å². The summed E-state index contributed by atoms with van der Waals surface area (Å²) in [6.45, 7) is 4.59. The van der Waals surface area contributed by atoms with Crippen molar-refractivity contribution in [2.45, 2.75) is 26.6 Å². The van der Waals surface area contributed by atoms with E-state index in [1.54, 1.807) is 27.5 Å². The molecule has 2 N–H and O–H groups in total. The molecule has 1 aromatic heterocycles. The van der Waals surface area contributed by atoms with Crippen LogP contribution in [-0.4, -0.2) is 43.6 Å². The summed E-state index contributed by atoms with van der Waals surface area (Å²) in [6.07, 6.45) is 3.76. The number of rotatable bonds is 10. The number of benzene rings is 2. The third kappa shape index (κ3) is 7.01. The van der Waals surface area contributed by atoms with Crippen molar-refractivity contribution >= 4 is 29.9 Å². The number of methoxy groups -OCH3 is 3. The number of halogens is 1. The Hall–Kier alpha value is -2.95. The Morgan fingerprint density at radius 1 is 0.909 bits per heavy atom. The Morgan fingerprint density at radius 3 is 2.30 bits per heavy atom. The van der Waals surface area contributed by atoms with Crippen molar-refractivity contribution in [2.75, 3.05) is 27.9 Å². The predicted molar refractivity (Wildman–Crippen MR) is 141 cm³/mol. The first-order valence-corrected chi connectivity index (χ1v) is 10.5. The lowest BCUT2D eigenvalue weighted by Gasteiger charge is -2.16. The lowest BCUT2D eigenvalue weighted by molar-refractivity contribution is 0.322. The number of aliphatic imine (C=N–C) groups is 1. The van der Waals surface area contributed by atoms with Crippen LogP contribution in [0, 0.1) is 0 Å². The first kappa shape index (κ1) is 26.3. The molecule has 0 spiro atoms. The van der Waals surface area contributed by atoms with Crippen LogP contribution in [0.3, 0.4) is 0 Å². The van der Waals surface area contributed by atoms with Crippen molar-refractivity contribution in [1.29, 1.82) is 0 Å². The van der Waals surface area contributed by atoms with E-state index in [1.807, 2.05) is 48.1 Å².